The Labute approximate surface area is 225 Å². The fraction of sp³-hybridized carbons (Fsp3) is 0.844. The van der Waals surface area contributed by atoms with E-state index < -0.39 is 0 Å². The zero-order valence-electron chi connectivity index (χ0n) is 23.7. The van der Waals surface area contributed by atoms with Gasteiger partial charge < -0.3 is 0 Å². The largest absolute Gasteiger partial charge is 0.255 e. The fourth-order valence-electron chi connectivity index (χ4n) is 9.22. The second-order valence-electron chi connectivity index (χ2n) is 13.3. The van der Waals surface area contributed by atoms with Crippen LogP contribution in [-0.2, 0) is 0 Å². The van der Waals surface area contributed by atoms with Gasteiger partial charge in [-0.2, -0.15) is 0 Å². The van der Waals surface area contributed by atoms with Crippen LogP contribution in [0.2, 0.25) is 0 Å². The molecule has 3 fully saturated rings. The minimum absolute atomic E-state index is 0.472. The van der Waals surface area contributed by atoms with E-state index in [9.17, 15) is 0 Å². The van der Waals surface area contributed by atoms with Crippen molar-refractivity contribution in [1.82, 2.24) is 0 Å². The second-order valence-corrected chi connectivity index (χ2v) is 16.0. The van der Waals surface area contributed by atoms with Crippen LogP contribution < -0.4 is 0 Å². The predicted octanol–water partition coefficient (Wildman–Crippen LogP) is 10.7. The summed E-state index contributed by atoms with van der Waals surface area (Å²) in [6, 6.07) is 0. The molecule has 35 heavy (non-hydrogen) atoms. The van der Waals surface area contributed by atoms with Gasteiger partial charge in [-0.25, -0.2) is 0 Å². The van der Waals surface area contributed by atoms with E-state index >= 15 is 0 Å². The molecule has 0 aromatic carbocycles. The van der Waals surface area contributed by atoms with Crippen LogP contribution in [-0.4, -0.2) is 10.3 Å². The lowest BCUT2D eigenvalue weighted by atomic mass is 9.47. The van der Waals surface area contributed by atoms with Crippen molar-refractivity contribution in [3.8, 4) is 0 Å². The number of hydrogen-bond donors (Lipinski definition) is 0. The quantitative estimate of drug-likeness (QED) is 0.131. The van der Waals surface area contributed by atoms with Gasteiger partial charge in [0, 0.05) is 11.4 Å². The summed E-state index contributed by atoms with van der Waals surface area (Å²) in [4.78, 5) is 4.35. The van der Waals surface area contributed by atoms with Crippen molar-refractivity contribution < 1.29 is 0 Å². The minimum atomic E-state index is 0.472. The molecule has 0 N–H and O–H groups in total. The molecule has 4 aliphatic rings. The molecular formula is C32H53NS2. The molecule has 3 saturated carbocycles. The maximum absolute atomic E-state index is 4.35. The number of nitrogens with zero attached hydrogens (tertiary/aromatic N) is 1. The van der Waals surface area contributed by atoms with Crippen LogP contribution in [0.1, 0.15) is 119 Å². The van der Waals surface area contributed by atoms with Gasteiger partial charge in [0.2, 0.25) is 0 Å². The molecule has 8 unspecified atom stereocenters. The van der Waals surface area contributed by atoms with Crippen molar-refractivity contribution in [1.29, 1.82) is 0 Å². The van der Waals surface area contributed by atoms with E-state index in [0.717, 1.165) is 45.8 Å². The Morgan fingerprint density at radius 3 is 2.69 bits per heavy atom. The monoisotopic (exact) mass is 515 g/mol. The van der Waals surface area contributed by atoms with E-state index in [1.54, 1.807) is 6.20 Å². The number of allylic oxidation sites excluding steroid dienone is 2. The van der Waals surface area contributed by atoms with Crippen LogP contribution in [0.15, 0.2) is 29.4 Å². The number of fused-ring (bicyclic) bond motifs is 5. The molecule has 4 rings (SSSR count). The highest BCUT2D eigenvalue weighted by molar-refractivity contribution is 8.82. The highest BCUT2D eigenvalue weighted by atomic mass is 33.1. The van der Waals surface area contributed by atoms with E-state index in [2.05, 4.69) is 70.0 Å². The molecule has 0 aliphatic heterocycles. The molecule has 0 heterocycles. The van der Waals surface area contributed by atoms with Crippen LogP contribution in [0.5, 0.6) is 0 Å². The van der Waals surface area contributed by atoms with Gasteiger partial charge in [-0.15, -0.1) is 0 Å². The minimum Gasteiger partial charge on any atom is -0.255 e. The van der Waals surface area contributed by atoms with Crippen LogP contribution in [0, 0.1) is 46.3 Å². The molecule has 0 aromatic heterocycles. The van der Waals surface area contributed by atoms with Gasteiger partial charge in [0.15, 0.2) is 0 Å². The topological polar surface area (TPSA) is 12.4 Å². The van der Waals surface area contributed by atoms with Gasteiger partial charge in [0.25, 0.3) is 0 Å². The van der Waals surface area contributed by atoms with Gasteiger partial charge in [0.1, 0.15) is 0 Å². The molecule has 198 valence electrons. The average Bonchev–Trinajstić information content (AvgIpc) is 3.16. The summed E-state index contributed by atoms with van der Waals surface area (Å²) in [5.74, 6) is 5.64. The van der Waals surface area contributed by atoms with Crippen LogP contribution >= 0.6 is 21.6 Å². The van der Waals surface area contributed by atoms with Gasteiger partial charge in [-0.3, -0.25) is 4.99 Å². The van der Waals surface area contributed by atoms with Crippen LogP contribution in [0.4, 0.5) is 0 Å². The molecule has 0 bridgehead atoms. The van der Waals surface area contributed by atoms with Crippen molar-refractivity contribution in [2.24, 2.45) is 51.3 Å². The zero-order valence-corrected chi connectivity index (χ0v) is 25.3. The van der Waals surface area contributed by atoms with Gasteiger partial charge >= 0.3 is 0 Å². The molecule has 4 aliphatic carbocycles. The molecule has 0 radical (unpaired) electrons. The lowest BCUT2D eigenvalue weighted by Crippen LogP contribution is -2.50. The normalized spacial score (nSPS) is 40.0. The van der Waals surface area contributed by atoms with E-state index in [4.69, 9.17) is 0 Å². The predicted molar refractivity (Wildman–Crippen MR) is 160 cm³/mol. The van der Waals surface area contributed by atoms with Crippen molar-refractivity contribution in [3.63, 3.8) is 0 Å². The molecule has 0 amide bonds. The standard InChI is InChI=1S/C32H53NS2/c1-8-24(22(3)4)11-10-12-25-14-16-29-28-15-13-26-21-27(35-34-23(5)33-9-2)17-19-32(26,7)30(28)18-20-31(25,29)6/h9,13,22,24-25,27-30H,2,8,10-12,14-21H2,1,3-7H3/b33-23+. The Kier molecular flexibility index (Phi) is 9.33. The second kappa shape index (κ2) is 11.7. The van der Waals surface area contributed by atoms with Gasteiger partial charge in [-0.1, -0.05) is 82.9 Å². The molecule has 1 nitrogen and oxygen atoms in total. The van der Waals surface area contributed by atoms with Crippen LogP contribution in [0.25, 0.3) is 0 Å². The Morgan fingerprint density at radius 1 is 1.17 bits per heavy atom. The molecule has 3 heteroatoms. The number of hydrogen-bond acceptors (Lipinski definition) is 3. The highest BCUT2D eigenvalue weighted by Crippen LogP contribution is 2.67. The summed E-state index contributed by atoms with van der Waals surface area (Å²) in [6.45, 7) is 18.5. The van der Waals surface area contributed by atoms with E-state index in [1.807, 2.05) is 16.4 Å². The molecule has 0 aromatic rings. The maximum atomic E-state index is 4.35. The van der Waals surface area contributed by atoms with Crippen molar-refractivity contribution >= 4 is 26.6 Å². The summed E-state index contributed by atoms with van der Waals surface area (Å²) in [5.41, 5.74) is 2.91. The fourth-order valence-corrected chi connectivity index (χ4v) is 11.5. The SMILES string of the molecule is C=C/N=C(\C)SSC1CCC2(C)C(=CCC3C2CCC2(C)C(CCCC(CC)C(C)C)CCC32)C1. The van der Waals surface area contributed by atoms with E-state index in [-0.39, 0.29) is 0 Å². The van der Waals surface area contributed by atoms with E-state index in [0.29, 0.717) is 10.8 Å². The first kappa shape index (κ1) is 27.9. The first-order chi connectivity index (χ1) is 16.7. The molecule has 0 spiro atoms. The molecular weight excluding hydrogens is 462 g/mol. The summed E-state index contributed by atoms with van der Waals surface area (Å²) in [5, 5.41) is 1.88. The first-order valence-electron chi connectivity index (χ1n) is 14.9. The third kappa shape index (κ3) is 5.67. The van der Waals surface area contributed by atoms with Gasteiger partial charge in [0.05, 0.1) is 5.04 Å². The number of aliphatic imine (C=N–C) groups is 1. The molecule has 0 saturated heterocycles. The Bertz CT molecular complexity index is 799. The lowest BCUT2D eigenvalue weighted by molar-refractivity contribution is -0.0423. The van der Waals surface area contributed by atoms with Crippen LogP contribution in [0.3, 0.4) is 0 Å². The van der Waals surface area contributed by atoms with Crippen molar-refractivity contribution in [2.45, 2.75) is 124 Å². The maximum Gasteiger partial charge on any atom is 0.0806 e. The number of rotatable bonds is 9. The van der Waals surface area contributed by atoms with Crippen molar-refractivity contribution in [2.75, 3.05) is 0 Å². The summed E-state index contributed by atoms with van der Waals surface area (Å²) >= 11 is 0. The Hall–Kier alpha value is -0.150. The third-order valence-corrected chi connectivity index (χ3v) is 14.4. The Balaban J connectivity index is 1.38. The highest BCUT2D eigenvalue weighted by Gasteiger charge is 2.58. The Morgan fingerprint density at radius 2 is 1.97 bits per heavy atom. The summed E-state index contributed by atoms with van der Waals surface area (Å²) in [7, 11) is 3.91. The average molecular weight is 516 g/mol. The molecule has 8 atom stereocenters. The first-order valence-corrected chi connectivity index (χ1v) is 17.1. The lowest BCUT2D eigenvalue weighted by Gasteiger charge is -2.58. The summed E-state index contributed by atoms with van der Waals surface area (Å²) < 4.78 is 0. The smallest absolute Gasteiger partial charge is 0.0806 e. The summed E-state index contributed by atoms with van der Waals surface area (Å²) in [6.07, 6.45) is 21.7. The zero-order chi connectivity index (χ0) is 25.2. The third-order valence-electron chi connectivity index (χ3n) is 11.4. The van der Waals surface area contributed by atoms with Crippen molar-refractivity contribution in [3.05, 3.63) is 24.4 Å². The van der Waals surface area contributed by atoms with E-state index in [1.165, 1.54) is 77.0 Å². The van der Waals surface area contributed by atoms with Gasteiger partial charge in [-0.05, 0) is 122 Å².